The maximum absolute atomic E-state index is 6.09. The molecule has 0 radical (unpaired) electrons. The van der Waals surface area contributed by atoms with Crippen molar-refractivity contribution in [2.24, 2.45) is 0 Å². The highest BCUT2D eigenvalue weighted by molar-refractivity contribution is 6.65. The summed E-state index contributed by atoms with van der Waals surface area (Å²) in [4.78, 5) is 3.21. The summed E-state index contributed by atoms with van der Waals surface area (Å²) in [6, 6.07) is 8.22. The van der Waals surface area contributed by atoms with E-state index in [-0.39, 0.29) is 18.3 Å². The smallest absolute Gasteiger partial charge is 0.399 e. The van der Waals surface area contributed by atoms with Crippen LogP contribution in [0, 0.1) is 0 Å². The van der Waals surface area contributed by atoms with Gasteiger partial charge in [-0.2, -0.15) is 0 Å². The van der Waals surface area contributed by atoms with E-state index < -0.39 is 0 Å². The summed E-state index contributed by atoms with van der Waals surface area (Å²) in [7, 11) is -0.297. The van der Waals surface area contributed by atoms with Crippen LogP contribution >= 0.6 is 0 Å². The van der Waals surface area contributed by atoms with Gasteiger partial charge in [0.2, 0.25) is 0 Å². The number of hydrogen-bond acceptors (Lipinski definition) is 2. The number of aromatic amines is 1. The highest BCUT2D eigenvalue weighted by Gasteiger charge is 2.52. The predicted molar refractivity (Wildman–Crippen MR) is 85.4 cm³/mol. The van der Waals surface area contributed by atoms with Crippen molar-refractivity contribution in [3.8, 4) is 0 Å². The van der Waals surface area contributed by atoms with E-state index in [1.165, 1.54) is 0 Å². The van der Waals surface area contributed by atoms with Crippen LogP contribution in [0.5, 0.6) is 0 Å². The molecule has 3 rings (SSSR count). The zero-order valence-electron chi connectivity index (χ0n) is 13.3. The lowest BCUT2D eigenvalue weighted by Crippen LogP contribution is -2.41. The summed E-state index contributed by atoms with van der Waals surface area (Å²) in [5.74, 6) is 0. The molecule has 0 spiro atoms. The van der Waals surface area contributed by atoms with Crippen LogP contribution in [0.4, 0.5) is 0 Å². The van der Waals surface area contributed by atoms with Crippen molar-refractivity contribution in [3.05, 3.63) is 30.5 Å². The molecule has 20 heavy (non-hydrogen) atoms. The van der Waals surface area contributed by atoms with Gasteiger partial charge in [0.05, 0.1) is 11.2 Å². The molecule has 1 aromatic heterocycles. The van der Waals surface area contributed by atoms with Gasteiger partial charge in [-0.25, -0.2) is 0 Å². The molecule has 2 heterocycles. The molecule has 1 saturated heterocycles. The van der Waals surface area contributed by atoms with Crippen LogP contribution in [0.15, 0.2) is 30.5 Å². The number of H-pyrrole nitrogens is 1. The largest absolute Gasteiger partial charge is 0.495 e. The molecular formula is C16H24BNO2. The Morgan fingerprint density at radius 3 is 2.15 bits per heavy atom. The van der Waals surface area contributed by atoms with E-state index in [9.17, 15) is 0 Å². The Balaban J connectivity index is 0.000000704. The van der Waals surface area contributed by atoms with E-state index in [0.29, 0.717) is 0 Å². The molecule has 0 atom stereocenters. The van der Waals surface area contributed by atoms with Gasteiger partial charge in [0.1, 0.15) is 0 Å². The van der Waals surface area contributed by atoms with Crippen LogP contribution in [0.2, 0.25) is 0 Å². The Kier molecular flexibility index (Phi) is 3.98. The average Bonchev–Trinajstić information content (AvgIpc) is 2.94. The van der Waals surface area contributed by atoms with Crippen molar-refractivity contribution in [2.75, 3.05) is 0 Å². The van der Waals surface area contributed by atoms with E-state index in [4.69, 9.17) is 9.31 Å². The Morgan fingerprint density at radius 2 is 1.55 bits per heavy atom. The molecule has 1 aliphatic rings. The van der Waals surface area contributed by atoms with Crippen LogP contribution in [0.25, 0.3) is 10.9 Å². The number of hydrogen-bond donors (Lipinski definition) is 1. The first-order chi connectivity index (χ1) is 9.41. The highest BCUT2D eigenvalue weighted by Crippen LogP contribution is 2.36. The Bertz CT molecular complexity index is 573. The van der Waals surface area contributed by atoms with Crippen LogP contribution in [0.3, 0.4) is 0 Å². The molecule has 1 aliphatic heterocycles. The normalized spacial score (nSPS) is 19.8. The average molecular weight is 273 g/mol. The van der Waals surface area contributed by atoms with Crippen LogP contribution < -0.4 is 5.46 Å². The lowest BCUT2D eigenvalue weighted by atomic mass is 9.77. The van der Waals surface area contributed by atoms with Gasteiger partial charge in [-0.05, 0) is 50.7 Å². The summed E-state index contributed by atoms with van der Waals surface area (Å²) in [5.41, 5.74) is 1.61. The second-order valence-electron chi connectivity index (χ2n) is 5.87. The van der Waals surface area contributed by atoms with Crippen molar-refractivity contribution >= 4 is 23.5 Å². The van der Waals surface area contributed by atoms with E-state index in [0.717, 1.165) is 16.4 Å². The minimum Gasteiger partial charge on any atom is -0.399 e. The third-order valence-electron chi connectivity index (χ3n) is 4.14. The summed E-state index contributed by atoms with van der Waals surface area (Å²) < 4.78 is 12.2. The van der Waals surface area contributed by atoms with Crippen molar-refractivity contribution in [2.45, 2.75) is 52.7 Å². The molecule has 4 heteroatoms. The second kappa shape index (κ2) is 5.26. The van der Waals surface area contributed by atoms with Gasteiger partial charge in [0.15, 0.2) is 0 Å². The quantitative estimate of drug-likeness (QED) is 0.807. The molecule has 3 nitrogen and oxygen atoms in total. The number of fused-ring (bicyclic) bond motifs is 1. The fourth-order valence-corrected chi connectivity index (χ4v) is 2.29. The first kappa shape index (κ1) is 15.1. The Hall–Kier alpha value is -1.26. The molecule has 1 N–H and O–H groups in total. The van der Waals surface area contributed by atoms with Crippen molar-refractivity contribution in [1.29, 1.82) is 0 Å². The van der Waals surface area contributed by atoms with Gasteiger partial charge in [0.25, 0.3) is 0 Å². The van der Waals surface area contributed by atoms with E-state index in [1.807, 2.05) is 26.1 Å². The van der Waals surface area contributed by atoms with Crippen molar-refractivity contribution in [3.63, 3.8) is 0 Å². The summed E-state index contributed by atoms with van der Waals surface area (Å²) in [6.45, 7) is 12.3. The maximum atomic E-state index is 6.09. The van der Waals surface area contributed by atoms with E-state index in [2.05, 4.69) is 50.9 Å². The third-order valence-corrected chi connectivity index (χ3v) is 4.14. The Morgan fingerprint density at radius 1 is 0.950 bits per heavy atom. The van der Waals surface area contributed by atoms with Gasteiger partial charge in [0, 0.05) is 11.7 Å². The molecule has 0 saturated carbocycles. The van der Waals surface area contributed by atoms with Gasteiger partial charge >= 0.3 is 7.12 Å². The second-order valence-corrected chi connectivity index (χ2v) is 5.87. The monoisotopic (exact) mass is 273 g/mol. The molecule has 108 valence electrons. The van der Waals surface area contributed by atoms with Gasteiger partial charge < -0.3 is 14.3 Å². The molecule has 0 bridgehead atoms. The van der Waals surface area contributed by atoms with Crippen LogP contribution in [0.1, 0.15) is 41.5 Å². The SMILES string of the molecule is CC.CC1(C)OB(c2cccc3[nH]ccc23)OC1(C)C. The number of benzene rings is 1. The summed E-state index contributed by atoms with van der Waals surface area (Å²) in [6.07, 6.45) is 1.94. The number of aromatic nitrogens is 1. The van der Waals surface area contributed by atoms with Crippen molar-refractivity contribution < 1.29 is 9.31 Å². The fraction of sp³-hybridized carbons (Fsp3) is 0.500. The van der Waals surface area contributed by atoms with E-state index in [1.54, 1.807) is 0 Å². The molecule has 1 fully saturated rings. The van der Waals surface area contributed by atoms with Gasteiger partial charge in [-0.15, -0.1) is 0 Å². The molecule has 1 aromatic carbocycles. The lowest BCUT2D eigenvalue weighted by molar-refractivity contribution is 0.00578. The van der Waals surface area contributed by atoms with Crippen LogP contribution in [-0.4, -0.2) is 23.3 Å². The maximum Gasteiger partial charge on any atom is 0.495 e. The minimum absolute atomic E-state index is 0.295. The molecule has 2 aromatic rings. The number of rotatable bonds is 1. The van der Waals surface area contributed by atoms with Crippen molar-refractivity contribution in [1.82, 2.24) is 4.98 Å². The first-order valence-electron chi connectivity index (χ1n) is 7.32. The molecule has 0 unspecified atom stereocenters. The topological polar surface area (TPSA) is 34.2 Å². The summed E-state index contributed by atoms with van der Waals surface area (Å²) >= 11 is 0. The van der Waals surface area contributed by atoms with Crippen LogP contribution in [-0.2, 0) is 9.31 Å². The van der Waals surface area contributed by atoms with E-state index >= 15 is 0 Å². The summed E-state index contributed by atoms with van der Waals surface area (Å²) in [5, 5.41) is 1.16. The standard InChI is InChI=1S/C14H18BNO2.C2H6/c1-13(2)14(3,4)18-15(17-13)11-6-5-7-12-10(11)8-9-16-12;1-2/h5-9,16H,1-4H3;1-2H3. The molecular weight excluding hydrogens is 249 g/mol. The van der Waals surface area contributed by atoms with Gasteiger partial charge in [-0.1, -0.05) is 26.0 Å². The van der Waals surface area contributed by atoms with Gasteiger partial charge in [-0.3, -0.25) is 0 Å². The zero-order chi connectivity index (χ0) is 15.0. The minimum atomic E-state index is -0.297. The lowest BCUT2D eigenvalue weighted by Gasteiger charge is -2.32. The molecule has 0 amide bonds. The third kappa shape index (κ3) is 2.38. The molecule has 0 aliphatic carbocycles. The highest BCUT2D eigenvalue weighted by atomic mass is 16.7. The zero-order valence-corrected chi connectivity index (χ0v) is 13.3. The Labute approximate surface area is 121 Å². The first-order valence-corrected chi connectivity index (χ1v) is 7.32. The number of nitrogens with one attached hydrogen (secondary N) is 1. The fourth-order valence-electron chi connectivity index (χ4n) is 2.29. The predicted octanol–water partition coefficient (Wildman–Crippen LogP) is 3.49.